The molecule has 4 nitrogen and oxygen atoms in total. The lowest BCUT2D eigenvalue weighted by atomic mass is 10.1. The van der Waals surface area contributed by atoms with Crippen molar-refractivity contribution in [2.75, 3.05) is 18.9 Å². The maximum absolute atomic E-state index is 12.8. The summed E-state index contributed by atoms with van der Waals surface area (Å²) in [6.45, 7) is 6.79. The fourth-order valence-electron chi connectivity index (χ4n) is 2.45. The summed E-state index contributed by atoms with van der Waals surface area (Å²) in [6.07, 6.45) is 0.775. The van der Waals surface area contributed by atoms with Gasteiger partial charge in [0.05, 0.1) is 16.6 Å². The van der Waals surface area contributed by atoms with E-state index in [2.05, 4.69) is 0 Å². The number of nitrogens with zero attached hydrogens (tertiary/aromatic N) is 1. The molecule has 0 bridgehead atoms. The van der Waals surface area contributed by atoms with Crippen LogP contribution in [0.3, 0.4) is 0 Å². The Balaban J connectivity index is 2.18. The van der Waals surface area contributed by atoms with Crippen molar-refractivity contribution in [2.24, 2.45) is 0 Å². The predicted octanol–water partition coefficient (Wildman–Crippen LogP) is 3.99. The number of hydrogen-bond donors (Lipinski definition) is 0. The standard InChI is InChI=1S/C18H22ClNO3S/c1-4-24-16-15(13-6-8-14(19)9-7-13)17(21)20(18(16)22)10-5-11-23-12(2)3/h6-9,12H,4-5,10-11H2,1-3H3. The average Bonchev–Trinajstić information content (AvgIpc) is 2.77. The third kappa shape index (κ3) is 4.41. The number of carbonyl (C=O) groups excluding carboxylic acids is 2. The normalized spacial score (nSPS) is 15.1. The van der Waals surface area contributed by atoms with Gasteiger partial charge in [0.15, 0.2) is 0 Å². The van der Waals surface area contributed by atoms with Gasteiger partial charge in [0, 0.05) is 18.2 Å². The van der Waals surface area contributed by atoms with Crippen LogP contribution in [0.1, 0.15) is 32.8 Å². The smallest absolute Gasteiger partial charge is 0.267 e. The molecule has 0 N–H and O–H groups in total. The molecule has 0 saturated carbocycles. The molecule has 1 aliphatic heterocycles. The zero-order chi connectivity index (χ0) is 17.7. The quantitative estimate of drug-likeness (QED) is 0.515. The number of benzene rings is 1. The molecular weight excluding hydrogens is 346 g/mol. The van der Waals surface area contributed by atoms with Crippen molar-refractivity contribution in [1.82, 2.24) is 4.90 Å². The van der Waals surface area contributed by atoms with E-state index >= 15 is 0 Å². The van der Waals surface area contributed by atoms with Crippen molar-refractivity contribution in [3.05, 3.63) is 39.8 Å². The molecule has 6 heteroatoms. The van der Waals surface area contributed by atoms with Crippen LogP contribution in [0.25, 0.3) is 5.57 Å². The Hall–Kier alpha value is -1.30. The summed E-state index contributed by atoms with van der Waals surface area (Å²) in [5.74, 6) is 0.291. The van der Waals surface area contributed by atoms with Crippen LogP contribution < -0.4 is 0 Å². The van der Waals surface area contributed by atoms with E-state index in [1.54, 1.807) is 24.3 Å². The highest BCUT2D eigenvalue weighted by Crippen LogP contribution is 2.36. The molecule has 0 spiro atoms. The third-order valence-electron chi connectivity index (χ3n) is 3.52. The number of rotatable bonds is 8. The van der Waals surface area contributed by atoms with Crippen LogP contribution in [0.15, 0.2) is 29.2 Å². The number of amides is 2. The Kier molecular flexibility index (Phi) is 6.90. The van der Waals surface area contributed by atoms with Crippen molar-refractivity contribution in [1.29, 1.82) is 0 Å². The van der Waals surface area contributed by atoms with Crippen LogP contribution in [0.5, 0.6) is 0 Å². The molecule has 24 heavy (non-hydrogen) atoms. The Labute approximate surface area is 152 Å². The van der Waals surface area contributed by atoms with Gasteiger partial charge in [-0.25, -0.2) is 0 Å². The van der Waals surface area contributed by atoms with E-state index < -0.39 is 0 Å². The van der Waals surface area contributed by atoms with Crippen molar-refractivity contribution in [3.8, 4) is 0 Å². The molecule has 0 aromatic heterocycles. The SMILES string of the molecule is CCSC1=C(c2ccc(Cl)cc2)C(=O)N(CCCOC(C)C)C1=O. The molecule has 0 saturated heterocycles. The molecule has 0 fully saturated rings. The van der Waals surface area contributed by atoms with Gasteiger partial charge < -0.3 is 4.74 Å². The van der Waals surface area contributed by atoms with Gasteiger partial charge in [0.25, 0.3) is 11.8 Å². The van der Waals surface area contributed by atoms with Crippen LogP contribution in [-0.4, -0.2) is 41.7 Å². The van der Waals surface area contributed by atoms with Gasteiger partial charge in [0.1, 0.15) is 0 Å². The minimum Gasteiger partial charge on any atom is -0.379 e. The minimum absolute atomic E-state index is 0.143. The number of imide groups is 1. The molecule has 1 aromatic rings. The van der Waals surface area contributed by atoms with Crippen LogP contribution >= 0.6 is 23.4 Å². The van der Waals surface area contributed by atoms with Gasteiger partial charge in [-0.15, -0.1) is 11.8 Å². The monoisotopic (exact) mass is 367 g/mol. The first-order valence-corrected chi connectivity index (χ1v) is 9.42. The lowest BCUT2D eigenvalue weighted by Gasteiger charge is -2.15. The average molecular weight is 368 g/mol. The van der Waals surface area contributed by atoms with E-state index in [1.807, 2.05) is 20.8 Å². The fraction of sp³-hybridized carbons (Fsp3) is 0.444. The first-order valence-electron chi connectivity index (χ1n) is 8.06. The largest absolute Gasteiger partial charge is 0.379 e. The zero-order valence-corrected chi connectivity index (χ0v) is 15.7. The molecule has 1 aliphatic rings. The highest BCUT2D eigenvalue weighted by atomic mass is 35.5. The number of hydrogen-bond acceptors (Lipinski definition) is 4. The number of ether oxygens (including phenoxy) is 1. The van der Waals surface area contributed by atoms with Gasteiger partial charge in [0.2, 0.25) is 0 Å². The molecule has 130 valence electrons. The Morgan fingerprint density at radius 2 is 1.83 bits per heavy atom. The van der Waals surface area contributed by atoms with Crippen LogP contribution in [-0.2, 0) is 14.3 Å². The summed E-state index contributed by atoms with van der Waals surface area (Å²) >= 11 is 7.33. The molecule has 2 amide bonds. The van der Waals surface area contributed by atoms with Crippen LogP contribution in [0.4, 0.5) is 0 Å². The highest BCUT2D eigenvalue weighted by molar-refractivity contribution is 8.04. The summed E-state index contributed by atoms with van der Waals surface area (Å²) < 4.78 is 5.49. The first-order chi connectivity index (χ1) is 11.5. The highest BCUT2D eigenvalue weighted by Gasteiger charge is 2.38. The van der Waals surface area contributed by atoms with Crippen LogP contribution in [0, 0.1) is 0 Å². The summed E-state index contributed by atoms with van der Waals surface area (Å²) in [5, 5.41) is 0.600. The molecule has 2 rings (SSSR count). The minimum atomic E-state index is -0.234. The summed E-state index contributed by atoms with van der Waals surface area (Å²) in [7, 11) is 0. The Morgan fingerprint density at radius 3 is 2.42 bits per heavy atom. The van der Waals surface area contributed by atoms with E-state index in [-0.39, 0.29) is 17.9 Å². The molecule has 1 heterocycles. The molecule has 0 aliphatic carbocycles. The first kappa shape index (κ1) is 19.0. The van der Waals surface area contributed by atoms with Gasteiger partial charge in [-0.2, -0.15) is 0 Å². The van der Waals surface area contributed by atoms with Crippen LogP contribution in [0.2, 0.25) is 5.02 Å². The molecule has 0 atom stereocenters. The molecular formula is C18H22ClNO3S. The molecule has 0 radical (unpaired) electrons. The van der Waals surface area contributed by atoms with Crippen molar-refractivity contribution >= 4 is 40.8 Å². The van der Waals surface area contributed by atoms with Crippen molar-refractivity contribution in [2.45, 2.75) is 33.3 Å². The molecule has 1 aromatic carbocycles. The number of carbonyl (C=O) groups is 2. The lowest BCUT2D eigenvalue weighted by molar-refractivity contribution is -0.136. The van der Waals surface area contributed by atoms with E-state index in [9.17, 15) is 9.59 Å². The maximum atomic E-state index is 12.8. The van der Waals surface area contributed by atoms with E-state index in [1.165, 1.54) is 16.7 Å². The van der Waals surface area contributed by atoms with Crippen molar-refractivity contribution in [3.63, 3.8) is 0 Å². The Bertz CT molecular complexity index is 640. The lowest BCUT2D eigenvalue weighted by Crippen LogP contribution is -2.33. The predicted molar refractivity (Wildman–Crippen MR) is 98.9 cm³/mol. The van der Waals surface area contributed by atoms with Crippen molar-refractivity contribution < 1.29 is 14.3 Å². The topological polar surface area (TPSA) is 46.6 Å². The second-order valence-corrected chi connectivity index (χ2v) is 7.39. The second kappa shape index (κ2) is 8.70. The second-order valence-electron chi connectivity index (χ2n) is 5.68. The third-order valence-corrected chi connectivity index (χ3v) is 4.73. The summed E-state index contributed by atoms with van der Waals surface area (Å²) in [4.78, 5) is 27.3. The van der Waals surface area contributed by atoms with E-state index in [4.69, 9.17) is 16.3 Å². The van der Waals surface area contributed by atoms with E-state index in [0.717, 1.165) is 11.3 Å². The Morgan fingerprint density at radius 1 is 1.17 bits per heavy atom. The van der Waals surface area contributed by atoms with Gasteiger partial charge in [-0.1, -0.05) is 30.7 Å². The van der Waals surface area contributed by atoms with Gasteiger partial charge >= 0.3 is 0 Å². The van der Waals surface area contributed by atoms with Gasteiger partial charge in [-0.05, 0) is 43.7 Å². The van der Waals surface area contributed by atoms with Gasteiger partial charge in [-0.3, -0.25) is 14.5 Å². The maximum Gasteiger partial charge on any atom is 0.267 e. The summed E-state index contributed by atoms with van der Waals surface area (Å²) in [6, 6.07) is 7.03. The number of halogens is 1. The number of thioether (sulfide) groups is 1. The summed E-state index contributed by atoms with van der Waals surface area (Å²) in [5.41, 5.74) is 1.21. The fourth-order valence-corrected chi connectivity index (χ4v) is 3.45. The molecule has 0 unspecified atom stereocenters. The van der Waals surface area contributed by atoms with E-state index in [0.29, 0.717) is 35.1 Å². The zero-order valence-electron chi connectivity index (χ0n) is 14.2.